The molecule has 1 fully saturated rings. The highest BCUT2D eigenvalue weighted by molar-refractivity contribution is 5.85. The summed E-state index contributed by atoms with van der Waals surface area (Å²) >= 11 is 0. The van der Waals surface area contributed by atoms with Gasteiger partial charge in [0.05, 0.1) is 18.3 Å². The minimum atomic E-state index is -4.33. The molecule has 1 heterocycles. The summed E-state index contributed by atoms with van der Waals surface area (Å²) in [4.78, 5) is 3.99. The van der Waals surface area contributed by atoms with Gasteiger partial charge in [0, 0.05) is 38.4 Å². The molecule has 1 saturated heterocycles. The van der Waals surface area contributed by atoms with Crippen LogP contribution >= 0.6 is 12.4 Å². The summed E-state index contributed by atoms with van der Waals surface area (Å²) in [5.74, 6) is 2.33. The van der Waals surface area contributed by atoms with Crippen LogP contribution in [0.1, 0.15) is 5.56 Å². The van der Waals surface area contributed by atoms with Gasteiger partial charge in [-0.15, -0.1) is 18.8 Å². The third-order valence-electron chi connectivity index (χ3n) is 3.88. The Hall–Kier alpha value is -1.46. The number of rotatable bonds is 6. The van der Waals surface area contributed by atoms with Crippen LogP contribution in [0, 0.1) is 12.3 Å². The molecule has 0 amide bonds. The number of alkyl halides is 3. The summed E-state index contributed by atoms with van der Waals surface area (Å²) in [7, 11) is 0. The van der Waals surface area contributed by atoms with E-state index >= 15 is 0 Å². The molecule has 0 saturated carbocycles. The van der Waals surface area contributed by atoms with E-state index in [-0.39, 0.29) is 25.6 Å². The Morgan fingerprint density at radius 2 is 1.92 bits per heavy atom. The molecule has 1 aliphatic heterocycles. The van der Waals surface area contributed by atoms with E-state index in [2.05, 4.69) is 10.8 Å². The molecule has 25 heavy (non-hydrogen) atoms. The Labute approximate surface area is 152 Å². The average molecular weight is 379 g/mol. The quantitative estimate of drug-likeness (QED) is 0.608. The van der Waals surface area contributed by atoms with E-state index in [1.165, 1.54) is 12.1 Å². The normalized spacial score (nSPS) is 16.8. The van der Waals surface area contributed by atoms with Crippen molar-refractivity contribution in [3.63, 3.8) is 0 Å². The van der Waals surface area contributed by atoms with E-state index in [0.29, 0.717) is 38.4 Å². The lowest BCUT2D eigenvalue weighted by Gasteiger charge is -2.37. The monoisotopic (exact) mass is 378 g/mol. The van der Waals surface area contributed by atoms with Crippen LogP contribution in [0.15, 0.2) is 24.3 Å². The van der Waals surface area contributed by atoms with E-state index in [1.54, 1.807) is 6.07 Å². The largest absolute Gasteiger partial charge is 0.416 e. The van der Waals surface area contributed by atoms with E-state index in [1.807, 2.05) is 4.90 Å². The number of nitrogens with zero attached hydrogens (tertiary/aromatic N) is 2. The SMILES string of the molecule is C#CCOCC(O)CN1CCN(c2cccc(C(F)(F)F)c2)CC1.Cl. The third kappa shape index (κ3) is 6.75. The first-order chi connectivity index (χ1) is 11.4. The number of hydrogen-bond acceptors (Lipinski definition) is 4. The van der Waals surface area contributed by atoms with Crippen molar-refractivity contribution in [3.8, 4) is 12.3 Å². The summed E-state index contributed by atoms with van der Waals surface area (Å²) in [5.41, 5.74) is -0.0640. The number of benzene rings is 1. The van der Waals surface area contributed by atoms with Crippen LogP contribution in [-0.4, -0.2) is 62.0 Å². The highest BCUT2D eigenvalue weighted by atomic mass is 35.5. The molecule has 1 aromatic carbocycles. The number of terminal acetylenes is 1. The zero-order valence-electron chi connectivity index (χ0n) is 13.7. The van der Waals surface area contributed by atoms with Crippen LogP contribution in [0.4, 0.5) is 18.9 Å². The Bertz CT molecular complexity index is 570. The van der Waals surface area contributed by atoms with Gasteiger partial charge in [-0.05, 0) is 18.2 Å². The number of halogens is 4. The van der Waals surface area contributed by atoms with E-state index < -0.39 is 17.8 Å². The van der Waals surface area contributed by atoms with Crippen molar-refractivity contribution >= 4 is 18.1 Å². The fraction of sp³-hybridized carbons (Fsp3) is 0.529. The lowest BCUT2D eigenvalue weighted by atomic mass is 10.1. The molecular weight excluding hydrogens is 357 g/mol. The van der Waals surface area contributed by atoms with Gasteiger partial charge in [-0.3, -0.25) is 4.90 Å². The van der Waals surface area contributed by atoms with Gasteiger partial charge in [0.15, 0.2) is 0 Å². The Balaban J connectivity index is 0.00000312. The maximum atomic E-state index is 12.8. The fourth-order valence-electron chi connectivity index (χ4n) is 2.67. The number of hydrogen-bond donors (Lipinski definition) is 1. The number of ether oxygens (including phenoxy) is 1. The second kappa shape index (κ2) is 9.88. The zero-order chi connectivity index (χ0) is 17.6. The molecule has 1 atom stereocenters. The van der Waals surface area contributed by atoms with Gasteiger partial charge < -0.3 is 14.7 Å². The zero-order valence-corrected chi connectivity index (χ0v) is 14.5. The minimum absolute atomic E-state index is 0. The van der Waals surface area contributed by atoms with Crippen LogP contribution in [0.2, 0.25) is 0 Å². The summed E-state index contributed by atoms with van der Waals surface area (Å²) in [6.45, 7) is 3.36. The number of piperazine rings is 1. The molecule has 0 aromatic heterocycles. The number of anilines is 1. The summed E-state index contributed by atoms with van der Waals surface area (Å²) in [6, 6.07) is 5.37. The van der Waals surface area contributed by atoms with Gasteiger partial charge in [-0.1, -0.05) is 12.0 Å². The van der Waals surface area contributed by atoms with Gasteiger partial charge in [0.1, 0.15) is 6.61 Å². The molecule has 0 spiro atoms. The first kappa shape index (κ1) is 21.6. The van der Waals surface area contributed by atoms with Crippen LogP contribution < -0.4 is 4.90 Å². The Kier molecular flexibility index (Phi) is 8.53. The van der Waals surface area contributed by atoms with E-state index in [9.17, 15) is 18.3 Å². The topological polar surface area (TPSA) is 35.9 Å². The molecule has 1 aromatic rings. The highest BCUT2D eigenvalue weighted by Gasteiger charge is 2.31. The first-order valence-electron chi connectivity index (χ1n) is 7.74. The lowest BCUT2D eigenvalue weighted by molar-refractivity contribution is -0.137. The molecule has 2 rings (SSSR count). The molecule has 1 aliphatic rings. The van der Waals surface area contributed by atoms with Gasteiger partial charge in [0.2, 0.25) is 0 Å². The summed E-state index contributed by atoms with van der Waals surface area (Å²) in [5, 5.41) is 9.86. The van der Waals surface area contributed by atoms with Gasteiger partial charge in [0.25, 0.3) is 0 Å². The maximum Gasteiger partial charge on any atom is 0.416 e. The van der Waals surface area contributed by atoms with E-state index in [4.69, 9.17) is 11.2 Å². The molecule has 0 radical (unpaired) electrons. The lowest BCUT2D eigenvalue weighted by Crippen LogP contribution is -2.49. The average Bonchev–Trinajstić information content (AvgIpc) is 2.55. The van der Waals surface area contributed by atoms with Crippen molar-refractivity contribution in [2.24, 2.45) is 0 Å². The van der Waals surface area contributed by atoms with Crippen molar-refractivity contribution < 1.29 is 23.0 Å². The number of β-amino-alcohol motifs (C(OH)–C–C–N with tert-alkyl or cyclic N) is 1. The smallest absolute Gasteiger partial charge is 0.389 e. The summed E-state index contributed by atoms with van der Waals surface area (Å²) in [6.07, 6.45) is 0.105. The Morgan fingerprint density at radius 1 is 1.24 bits per heavy atom. The Morgan fingerprint density at radius 3 is 2.52 bits per heavy atom. The van der Waals surface area contributed by atoms with Crippen LogP contribution in [-0.2, 0) is 10.9 Å². The maximum absolute atomic E-state index is 12.8. The first-order valence-corrected chi connectivity index (χ1v) is 7.74. The molecule has 0 aliphatic carbocycles. The van der Waals surface area contributed by atoms with Gasteiger partial charge in [-0.2, -0.15) is 13.2 Å². The predicted octanol–water partition coefficient (Wildman–Crippen LogP) is 2.26. The second-order valence-electron chi connectivity index (χ2n) is 5.71. The molecule has 0 bridgehead atoms. The minimum Gasteiger partial charge on any atom is -0.389 e. The summed E-state index contributed by atoms with van der Waals surface area (Å²) < 4.78 is 43.5. The molecule has 140 valence electrons. The second-order valence-corrected chi connectivity index (χ2v) is 5.71. The standard InChI is InChI=1S/C17H21F3N2O2.ClH/c1-2-10-24-13-16(23)12-21-6-8-22(9-7-21)15-5-3-4-14(11-15)17(18,19)20;/h1,3-5,11,16,23H,6-10,12-13H2;1H. The van der Waals surface area contributed by atoms with Crippen molar-refractivity contribution in [1.29, 1.82) is 0 Å². The van der Waals surface area contributed by atoms with Gasteiger partial charge in [-0.25, -0.2) is 0 Å². The fourth-order valence-corrected chi connectivity index (χ4v) is 2.67. The molecule has 1 unspecified atom stereocenters. The van der Waals surface area contributed by atoms with Crippen LogP contribution in [0.25, 0.3) is 0 Å². The number of aliphatic hydroxyl groups is 1. The molecular formula is C17H22ClF3N2O2. The van der Waals surface area contributed by atoms with Crippen LogP contribution in [0.5, 0.6) is 0 Å². The van der Waals surface area contributed by atoms with Gasteiger partial charge >= 0.3 is 6.18 Å². The van der Waals surface area contributed by atoms with E-state index in [0.717, 1.165) is 6.07 Å². The molecule has 4 nitrogen and oxygen atoms in total. The molecule has 1 N–H and O–H groups in total. The highest BCUT2D eigenvalue weighted by Crippen LogP contribution is 2.31. The van der Waals surface area contributed by atoms with Crippen molar-refractivity contribution in [2.75, 3.05) is 50.8 Å². The third-order valence-corrected chi connectivity index (χ3v) is 3.88. The molecule has 8 heteroatoms. The van der Waals surface area contributed by atoms with Crippen molar-refractivity contribution in [2.45, 2.75) is 12.3 Å². The predicted molar refractivity (Wildman–Crippen MR) is 93.0 cm³/mol. The van der Waals surface area contributed by atoms with Crippen LogP contribution in [0.3, 0.4) is 0 Å². The van der Waals surface area contributed by atoms with Crippen molar-refractivity contribution in [3.05, 3.63) is 29.8 Å². The van der Waals surface area contributed by atoms with Crippen molar-refractivity contribution in [1.82, 2.24) is 4.90 Å². The number of aliphatic hydroxyl groups excluding tert-OH is 1.